The predicted molar refractivity (Wildman–Crippen MR) is 70.9 cm³/mol. The van der Waals surface area contributed by atoms with Gasteiger partial charge in [0.1, 0.15) is 0 Å². The number of hydrogen-bond acceptors (Lipinski definition) is 3. The first-order valence-electron chi connectivity index (χ1n) is 6.55. The quantitative estimate of drug-likeness (QED) is 0.440. The average molecular weight is 260 g/mol. The van der Waals surface area contributed by atoms with Crippen molar-refractivity contribution in [3.8, 4) is 5.81 Å². The van der Waals surface area contributed by atoms with Crippen LogP contribution in [0.1, 0.15) is 52.9 Å². The number of nitrogens with zero attached hydrogens (tertiary/aromatic N) is 2. The molecule has 0 aliphatic heterocycles. The van der Waals surface area contributed by atoms with Gasteiger partial charge < -0.3 is 4.52 Å². The maximum Gasteiger partial charge on any atom is 0.371 e. The standard InChI is InChI=1S/C12H25N2O2P/c1-4-7-8-9-11-16-17(15,12-13)14(6-3)10-5-2/h4-11H2,1-3H3. The van der Waals surface area contributed by atoms with Crippen LogP contribution < -0.4 is 0 Å². The second kappa shape index (κ2) is 9.65. The minimum atomic E-state index is -3.24. The molecule has 0 saturated heterocycles. The van der Waals surface area contributed by atoms with E-state index in [1.165, 1.54) is 0 Å². The molecule has 0 aromatic rings. The fraction of sp³-hybridized carbons (Fsp3) is 0.917. The molecule has 5 heteroatoms. The summed E-state index contributed by atoms with van der Waals surface area (Å²) in [5.74, 6) is 1.86. The fourth-order valence-corrected chi connectivity index (χ4v) is 3.18. The van der Waals surface area contributed by atoms with Crippen molar-refractivity contribution in [2.75, 3.05) is 19.7 Å². The Morgan fingerprint density at radius 2 is 1.88 bits per heavy atom. The molecule has 0 aromatic heterocycles. The molecule has 0 aliphatic carbocycles. The topological polar surface area (TPSA) is 53.3 Å². The molecule has 0 radical (unpaired) electrons. The summed E-state index contributed by atoms with van der Waals surface area (Å²) in [5.41, 5.74) is 0. The van der Waals surface area contributed by atoms with E-state index in [4.69, 9.17) is 9.79 Å². The van der Waals surface area contributed by atoms with Crippen LogP contribution in [0.2, 0.25) is 0 Å². The third-order valence-corrected chi connectivity index (χ3v) is 4.62. The van der Waals surface area contributed by atoms with Gasteiger partial charge in [0.2, 0.25) is 0 Å². The van der Waals surface area contributed by atoms with Crippen LogP contribution in [-0.2, 0) is 9.09 Å². The van der Waals surface area contributed by atoms with Crippen molar-refractivity contribution in [1.82, 2.24) is 4.67 Å². The zero-order valence-corrected chi connectivity index (χ0v) is 12.2. The third kappa shape index (κ3) is 6.21. The normalized spacial score (nSPS) is 14.5. The van der Waals surface area contributed by atoms with Gasteiger partial charge in [-0.25, -0.2) is 4.67 Å². The van der Waals surface area contributed by atoms with Crippen molar-refractivity contribution in [1.29, 1.82) is 5.26 Å². The van der Waals surface area contributed by atoms with Crippen LogP contribution >= 0.6 is 7.52 Å². The van der Waals surface area contributed by atoms with E-state index in [1.807, 2.05) is 19.7 Å². The summed E-state index contributed by atoms with van der Waals surface area (Å²) < 4.78 is 19.3. The van der Waals surface area contributed by atoms with Crippen molar-refractivity contribution in [3.63, 3.8) is 0 Å². The molecule has 17 heavy (non-hydrogen) atoms. The van der Waals surface area contributed by atoms with Gasteiger partial charge >= 0.3 is 7.52 Å². The van der Waals surface area contributed by atoms with Crippen LogP contribution in [0.25, 0.3) is 0 Å². The summed E-state index contributed by atoms with van der Waals surface area (Å²) in [6.45, 7) is 7.71. The molecule has 0 aromatic carbocycles. The van der Waals surface area contributed by atoms with E-state index in [1.54, 1.807) is 4.67 Å². The van der Waals surface area contributed by atoms with E-state index in [0.717, 1.165) is 32.1 Å². The first-order valence-corrected chi connectivity index (χ1v) is 8.13. The summed E-state index contributed by atoms with van der Waals surface area (Å²) >= 11 is 0. The monoisotopic (exact) mass is 260 g/mol. The van der Waals surface area contributed by atoms with Gasteiger partial charge in [0.25, 0.3) is 0 Å². The molecule has 0 saturated carbocycles. The highest BCUT2D eigenvalue weighted by molar-refractivity contribution is 7.61. The minimum absolute atomic E-state index is 0.422. The Morgan fingerprint density at radius 3 is 2.35 bits per heavy atom. The van der Waals surface area contributed by atoms with Crippen LogP contribution in [0.5, 0.6) is 0 Å². The van der Waals surface area contributed by atoms with Crippen LogP contribution in [0.3, 0.4) is 0 Å². The molecule has 0 heterocycles. The molecule has 1 unspecified atom stereocenters. The molecule has 0 bridgehead atoms. The SMILES string of the molecule is CCCCCCOP(=O)(C#N)N(CC)CCC. The van der Waals surface area contributed by atoms with Gasteiger partial charge in [0, 0.05) is 13.1 Å². The number of unbranched alkanes of at least 4 members (excludes halogenated alkanes) is 3. The van der Waals surface area contributed by atoms with Gasteiger partial charge in [-0.05, 0) is 12.8 Å². The summed E-state index contributed by atoms with van der Waals surface area (Å²) in [6, 6.07) is 0. The van der Waals surface area contributed by atoms with Crippen molar-refractivity contribution < 1.29 is 9.09 Å². The smallest absolute Gasteiger partial charge is 0.307 e. The molecule has 0 N–H and O–H groups in total. The second-order valence-electron chi connectivity index (χ2n) is 4.06. The van der Waals surface area contributed by atoms with Gasteiger partial charge in [-0.15, -0.1) is 0 Å². The van der Waals surface area contributed by atoms with Gasteiger partial charge in [-0.1, -0.05) is 40.0 Å². The van der Waals surface area contributed by atoms with Crippen molar-refractivity contribution in [3.05, 3.63) is 0 Å². The molecular weight excluding hydrogens is 235 g/mol. The van der Waals surface area contributed by atoms with Crippen LogP contribution in [0.4, 0.5) is 0 Å². The first kappa shape index (κ1) is 16.6. The Kier molecular flexibility index (Phi) is 9.44. The van der Waals surface area contributed by atoms with E-state index >= 15 is 0 Å². The molecule has 1 atom stereocenters. The largest absolute Gasteiger partial charge is 0.371 e. The lowest BCUT2D eigenvalue weighted by Crippen LogP contribution is -2.21. The molecular formula is C12H25N2O2P. The van der Waals surface area contributed by atoms with Crippen molar-refractivity contribution in [2.45, 2.75) is 52.9 Å². The zero-order chi connectivity index (χ0) is 13.1. The van der Waals surface area contributed by atoms with Crippen LogP contribution in [0, 0.1) is 11.1 Å². The predicted octanol–water partition coefficient (Wildman–Crippen LogP) is 3.99. The Hall–Kier alpha value is -0.360. The number of nitriles is 1. The van der Waals surface area contributed by atoms with E-state index in [-0.39, 0.29) is 0 Å². The molecule has 0 amide bonds. The lowest BCUT2D eigenvalue weighted by atomic mass is 10.2. The molecule has 0 rings (SSSR count). The van der Waals surface area contributed by atoms with Crippen LogP contribution in [0.15, 0.2) is 0 Å². The zero-order valence-electron chi connectivity index (χ0n) is 11.3. The molecule has 4 nitrogen and oxygen atoms in total. The molecule has 0 fully saturated rings. The van der Waals surface area contributed by atoms with E-state index in [2.05, 4.69) is 6.92 Å². The fourth-order valence-electron chi connectivity index (χ4n) is 1.62. The third-order valence-electron chi connectivity index (χ3n) is 2.61. The van der Waals surface area contributed by atoms with Gasteiger partial charge in [0.15, 0.2) is 5.81 Å². The van der Waals surface area contributed by atoms with Gasteiger partial charge in [0.05, 0.1) is 6.61 Å². The second-order valence-corrected chi connectivity index (χ2v) is 6.13. The maximum atomic E-state index is 12.3. The summed E-state index contributed by atoms with van der Waals surface area (Å²) in [5, 5.41) is 9.04. The molecule has 0 aliphatic rings. The minimum Gasteiger partial charge on any atom is -0.307 e. The number of hydrogen-bond donors (Lipinski definition) is 0. The Bertz CT molecular complexity index is 276. The highest BCUT2D eigenvalue weighted by Gasteiger charge is 2.29. The van der Waals surface area contributed by atoms with E-state index in [0.29, 0.717) is 19.7 Å². The van der Waals surface area contributed by atoms with E-state index in [9.17, 15) is 4.57 Å². The summed E-state index contributed by atoms with van der Waals surface area (Å²) in [7, 11) is -3.24. The first-order chi connectivity index (χ1) is 8.14. The lowest BCUT2D eigenvalue weighted by Gasteiger charge is -2.24. The highest BCUT2D eigenvalue weighted by atomic mass is 31.2. The van der Waals surface area contributed by atoms with Crippen molar-refractivity contribution >= 4 is 7.52 Å². The van der Waals surface area contributed by atoms with E-state index < -0.39 is 7.52 Å². The Balaban J connectivity index is 4.18. The summed E-state index contributed by atoms with van der Waals surface area (Å²) in [4.78, 5) is 0. The highest BCUT2D eigenvalue weighted by Crippen LogP contribution is 2.49. The molecule has 0 spiro atoms. The lowest BCUT2D eigenvalue weighted by molar-refractivity contribution is 0.263. The Morgan fingerprint density at radius 1 is 1.18 bits per heavy atom. The maximum absolute atomic E-state index is 12.3. The van der Waals surface area contributed by atoms with Crippen molar-refractivity contribution in [2.24, 2.45) is 0 Å². The van der Waals surface area contributed by atoms with Gasteiger partial charge in [-0.2, -0.15) is 5.26 Å². The summed E-state index contributed by atoms with van der Waals surface area (Å²) in [6.07, 6.45) is 5.14. The van der Waals surface area contributed by atoms with Gasteiger partial charge in [-0.3, -0.25) is 4.57 Å². The average Bonchev–Trinajstić information content (AvgIpc) is 2.35. The molecule has 100 valence electrons. The Labute approximate surface area is 105 Å². The van der Waals surface area contributed by atoms with Crippen LogP contribution in [-0.4, -0.2) is 24.4 Å². The number of rotatable bonds is 10.